The molecule has 1 aliphatic heterocycles. The number of non-ortho nitro benzene ring substituents is 2. The third kappa shape index (κ3) is 9.71. The molecule has 2 aromatic rings. The molecule has 3 rings (SSSR count). The molecule has 0 aliphatic carbocycles. The summed E-state index contributed by atoms with van der Waals surface area (Å²) in [7, 11) is 3.00. The maximum Gasteiger partial charge on any atom is 0.273 e. The monoisotopic (exact) mass is 548 g/mol. The smallest absolute Gasteiger partial charge is 0.273 e. The molecular formula is C26H36N4O9. The molecule has 0 unspecified atom stereocenters. The normalized spacial score (nSPS) is 17.1. The van der Waals surface area contributed by atoms with Crippen LogP contribution < -0.4 is 9.47 Å². The number of methoxy groups -OCH3 is 2. The van der Waals surface area contributed by atoms with E-state index in [0.717, 1.165) is 11.1 Å². The van der Waals surface area contributed by atoms with E-state index in [1.165, 1.54) is 38.5 Å². The SMILES string of the molecule is COc1cc([N+](=O)[O-])ccc1CN1CCOCCOCCN(Cc2ccc([N+](=O)[O-])cc2OC)CCOCC1. The minimum absolute atomic E-state index is 0.0183. The summed E-state index contributed by atoms with van der Waals surface area (Å²) in [5.74, 6) is 0.931. The van der Waals surface area contributed by atoms with E-state index < -0.39 is 9.85 Å². The molecule has 1 fully saturated rings. The molecule has 1 heterocycles. The van der Waals surface area contributed by atoms with Gasteiger partial charge in [-0.3, -0.25) is 30.0 Å². The second-order valence-electron chi connectivity index (χ2n) is 8.90. The van der Waals surface area contributed by atoms with E-state index in [-0.39, 0.29) is 11.4 Å². The quantitative estimate of drug-likeness (QED) is 0.355. The van der Waals surface area contributed by atoms with Crippen LogP contribution in [0.25, 0.3) is 0 Å². The molecule has 0 bridgehead atoms. The summed E-state index contributed by atoms with van der Waals surface area (Å²) in [6.07, 6.45) is 0. The summed E-state index contributed by atoms with van der Waals surface area (Å²) in [5.41, 5.74) is 1.64. The van der Waals surface area contributed by atoms with Crippen molar-refractivity contribution in [3.8, 4) is 11.5 Å². The van der Waals surface area contributed by atoms with Gasteiger partial charge in [0.1, 0.15) is 11.5 Å². The third-order valence-corrected chi connectivity index (χ3v) is 6.33. The van der Waals surface area contributed by atoms with Crippen LogP contribution in [0, 0.1) is 20.2 Å². The number of rotatable bonds is 8. The van der Waals surface area contributed by atoms with Crippen LogP contribution in [-0.4, -0.2) is 99.7 Å². The molecule has 1 aliphatic rings. The lowest BCUT2D eigenvalue weighted by Crippen LogP contribution is -2.33. The van der Waals surface area contributed by atoms with Crippen LogP contribution in [-0.2, 0) is 27.3 Å². The first kappa shape index (κ1) is 30.2. The van der Waals surface area contributed by atoms with E-state index in [4.69, 9.17) is 23.7 Å². The van der Waals surface area contributed by atoms with Gasteiger partial charge in [-0.25, -0.2) is 0 Å². The minimum Gasteiger partial charge on any atom is -0.496 e. The van der Waals surface area contributed by atoms with Crippen molar-refractivity contribution in [2.75, 3.05) is 80.0 Å². The van der Waals surface area contributed by atoms with Crippen molar-refractivity contribution in [3.63, 3.8) is 0 Å². The highest BCUT2D eigenvalue weighted by molar-refractivity contribution is 5.45. The van der Waals surface area contributed by atoms with Crippen LogP contribution in [0.4, 0.5) is 11.4 Å². The van der Waals surface area contributed by atoms with Gasteiger partial charge < -0.3 is 23.7 Å². The fourth-order valence-corrected chi connectivity index (χ4v) is 4.18. The van der Waals surface area contributed by atoms with Gasteiger partial charge in [-0.1, -0.05) is 0 Å². The molecular weight excluding hydrogens is 512 g/mol. The fourth-order valence-electron chi connectivity index (χ4n) is 4.18. The summed E-state index contributed by atoms with van der Waals surface area (Å²) in [6.45, 7) is 6.52. The highest BCUT2D eigenvalue weighted by atomic mass is 16.6. The van der Waals surface area contributed by atoms with Crippen LogP contribution in [0.3, 0.4) is 0 Å². The van der Waals surface area contributed by atoms with Crippen LogP contribution >= 0.6 is 0 Å². The molecule has 0 amide bonds. The van der Waals surface area contributed by atoms with Gasteiger partial charge in [-0.05, 0) is 12.1 Å². The van der Waals surface area contributed by atoms with Crippen LogP contribution in [0.5, 0.6) is 11.5 Å². The van der Waals surface area contributed by atoms with Crippen molar-refractivity contribution in [1.29, 1.82) is 0 Å². The van der Waals surface area contributed by atoms with Crippen LogP contribution in [0.1, 0.15) is 11.1 Å². The molecule has 0 atom stereocenters. The standard InChI is InChI=1S/C26H36N4O9/c1-35-25-17-23(29(31)32)5-3-21(25)19-27-7-11-37-12-8-28(10-14-39-16-15-38-13-9-27)20-22-4-6-24(30(33)34)18-26(22)36-2/h3-6,17-18H,7-16,19-20H2,1-2H3. The lowest BCUT2D eigenvalue weighted by Gasteiger charge is -2.24. The number of ether oxygens (including phenoxy) is 5. The van der Waals surface area contributed by atoms with Gasteiger partial charge in [0.05, 0.1) is 75.8 Å². The third-order valence-electron chi connectivity index (χ3n) is 6.33. The number of nitro groups is 2. The first-order valence-corrected chi connectivity index (χ1v) is 12.7. The van der Waals surface area contributed by atoms with E-state index >= 15 is 0 Å². The molecule has 0 radical (unpaired) electrons. The van der Waals surface area contributed by atoms with E-state index in [1.54, 1.807) is 12.1 Å². The van der Waals surface area contributed by atoms with Crippen molar-refractivity contribution in [3.05, 3.63) is 67.8 Å². The second-order valence-corrected chi connectivity index (χ2v) is 8.90. The van der Waals surface area contributed by atoms with Gasteiger partial charge in [-0.15, -0.1) is 0 Å². The Kier molecular flexibility index (Phi) is 12.3. The van der Waals surface area contributed by atoms with E-state index in [2.05, 4.69) is 9.80 Å². The molecule has 39 heavy (non-hydrogen) atoms. The van der Waals surface area contributed by atoms with Gasteiger partial charge in [0.15, 0.2) is 0 Å². The predicted octanol–water partition coefficient (Wildman–Crippen LogP) is 2.89. The van der Waals surface area contributed by atoms with Crippen molar-refractivity contribution >= 4 is 11.4 Å². The largest absolute Gasteiger partial charge is 0.496 e. The lowest BCUT2D eigenvalue weighted by molar-refractivity contribution is -0.385. The summed E-state index contributed by atoms with van der Waals surface area (Å²) in [6, 6.07) is 9.25. The van der Waals surface area contributed by atoms with Crippen LogP contribution in [0.2, 0.25) is 0 Å². The molecule has 13 nitrogen and oxygen atoms in total. The Balaban J connectivity index is 1.61. The summed E-state index contributed by atoms with van der Waals surface area (Å²) < 4.78 is 28.3. The Morgan fingerprint density at radius 1 is 0.667 bits per heavy atom. The zero-order valence-corrected chi connectivity index (χ0v) is 22.4. The second kappa shape index (κ2) is 15.9. The molecule has 0 N–H and O–H groups in total. The Morgan fingerprint density at radius 3 is 1.36 bits per heavy atom. The number of hydrogen-bond acceptors (Lipinski definition) is 11. The van der Waals surface area contributed by atoms with Crippen molar-refractivity contribution in [1.82, 2.24) is 9.80 Å². The van der Waals surface area contributed by atoms with Gasteiger partial charge in [-0.2, -0.15) is 0 Å². The highest BCUT2D eigenvalue weighted by Gasteiger charge is 2.17. The Bertz CT molecular complexity index is 1000. The Morgan fingerprint density at radius 2 is 1.03 bits per heavy atom. The van der Waals surface area contributed by atoms with E-state index in [0.29, 0.717) is 90.4 Å². The molecule has 2 aromatic carbocycles. The number of benzene rings is 2. The van der Waals surface area contributed by atoms with Crippen molar-refractivity contribution < 1.29 is 33.5 Å². The Labute approximate surface area is 227 Å². The van der Waals surface area contributed by atoms with Gasteiger partial charge in [0, 0.05) is 62.5 Å². The number of nitro benzene ring substituents is 2. The Hall–Kier alpha value is -3.36. The summed E-state index contributed by atoms with van der Waals surface area (Å²) >= 11 is 0. The first-order chi connectivity index (χ1) is 18.9. The zero-order chi connectivity index (χ0) is 28.0. The molecule has 0 saturated carbocycles. The maximum absolute atomic E-state index is 11.1. The average molecular weight is 549 g/mol. The van der Waals surface area contributed by atoms with Crippen molar-refractivity contribution in [2.24, 2.45) is 0 Å². The van der Waals surface area contributed by atoms with Crippen LogP contribution in [0.15, 0.2) is 36.4 Å². The molecule has 214 valence electrons. The minimum atomic E-state index is -0.443. The average Bonchev–Trinajstić information content (AvgIpc) is 2.94. The first-order valence-electron chi connectivity index (χ1n) is 12.7. The summed E-state index contributed by atoms with van der Waals surface area (Å²) in [5, 5.41) is 22.2. The highest BCUT2D eigenvalue weighted by Crippen LogP contribution is 2.27. The van der Waals surface area contributed by atoms with Gasteiger partial charge >= 0.3 is 0 Å². The predicted molar refractivity (Wildman–Crippen MR) is 142 cm³/mol. The number of hydrogen-bond donors (Lipinski definition) is 0. The van der Waals surface area contributed by atoms with E-state index in [9.17, 15) is 20.2 Å². The maximum atomic E-state index is 11.1. The fraction of sp³-hybridized carbons (Fsp3) is 0.538. The summed E-state index contributed by atoms with van der Waals surface area (Å²) in [4.78, 5) is 25.7. The van der Waals surface area contributed by atoms with Crippen molar-refractivity contribution in [2.45, 2.75) is 13.1 Å². The van der Waals surface area contributed by atoms with E-state index in [1.807, 2.05) is 0 Å². The van der Waals surface area contributed by atoms with Gasteiger partial charge in [0.25, 0.3) is 11.4 Å². The molecule has 1 saturated heterocycles. The zero-order valence-electron chi connectivity index (χ0n) is 22.4. The molecule has 0 aromatic heterocycles. The number of nitrogens with zero attached hydrogens (tertiary/aromatic N) is 4. The molecule has 0 spiro atoms. The molecule has 13 heteroatoms. The topological polar surface area (TPSA) is 139 Å². The van der Waals surface area contributed by atoms with Gasteiger partial charge in [0.2, 0.25) is 0 Å². The lowest BCUT2D eigenvalue weighted by atomic mass is 10.1.